The van der Waals surface area contributed by atoms with E-state index in [1.54, 1.807) is 0 Å². The molecular weight excluding hydrogens is 194 g/mol. The molecule has 0 aromatic rings. The lowest BCUT2D eigenvalue weighted by molar-refractivity contribution is -0.118. The maximum atomic E-state index is 10.7. The Bertz CT molecular complexity index is 173. The van der Waals surface area contributed by atoms with Crippen molar-refractivity contribution in [3.8, 4) is 0 Å². The molecule has 2 N–H and O–H groups in total. The smallest absolute Gasteiger partial charge is 0.231 e. The highest BCUT2D eigenvalue weighted by Crippen LogP contribution is 2.13. The Morgan fingerprint density at radius 2 is 2.17 bits per heavy atom. The molecule has 12 heavy (non-hydrogen) atoms. The van der Waals surface area contributed by atoms with Gasteiger partial charge in [0, 0.05) is 17.9 Å². The summed E-state index contributed by atoms with van der Waals surface area (Å²) >= 11 is 5.36. The summed E-state index contributed by atoms with van der Waals surface area (Å²) in [6.07, 6.45) is 0.488. The van der Waals surface area contributed by atoms with E-state index in [2.05, 4.69) is 12.6 Å². The average molecular weight is 207 g/mol. The van der Waals surface area contributed by atoms with Crippen molar-refractivity contribution in [3.63, 3.8) is 0 Å². The van der Waals surface area contributed by atoms with E-state index >= 15 is 0 Å². The van der Waals surface area contributed by atoms with Crippen LogP contribution in [0.4, 0.5) is 0 Å². The highest BCUT2D eigenvalue weighted by molar-refractivity contribution is 8.01. The van der Waals surface area contributed by atoms with Crippen LogP contribution in [0.15, 0.2) is 0 Å². The summed E-state index contributed by atoms with van der Waals surface area (Å²) in [5, 5.41) is -0.271. The predicted octanol–water partition coefficient (Wildman–Crippen LogP) is 0.482. The highest BCUT2D eigenvalue weighted by atomic mass is 32.2. The molecule has 0 aliphatic rings. The number of amides is 1. The minimum atomic E-state index is -0.362. The summed E-state index contributed by atoms with van der Waals surface area (Å²) in [5.41, 5.74) is 5.07. The van der Waals surface area contributed by atoms with Crippen molar-refractivity contribution in [3.05, 3.63) is 0 Å². The minimum absolute atomic E-state index is 0.130. The van der Waals surface area contributed by atoms with E-state index in [-0.39, 0.29) is 16.9 Å². The molecule has 0 aliphatic heterocycles. The number of ketones is 1. The number of thioether (sulfide) groups is 1. The van der Waals surface area contributed by atoms with Gasteiger partial charge in [-0.05, 0) is 6.92 Å². The fourth-order valence-electron chi connectivity index (χ4n) is 0.570. The second-order valence-corrected chi connectivity index (χ2v) is 4.07. The van der Waals surface area contributed by atoms with Gasteiger partial charge in [0.05, 0.1) is 5.25 Å². The van der Waals surface area contributed by atoms with Crippen molar-refractivity contribution in [2.24, 2.45) is 5.73 Å². The van der Waals surface area contributed by atoms with E-state index in [9.17, 15) is 9.59 Å². The first-order valence-corrected chi connectivity index (χ1v) is 5.27. The van der Waals surface area contributed by atoms with Crippen LogP contribution in [-0.2, 0) is 9.59 Å². The van der Waals surface area contributed by atoms with Crippen molar-refractivity contribution in [2.45, 2.75) is 18.6 Å². The zero-order chi connectivity index (χ0) is 9.56. The Morgan fingerprint density at radius 3 is 2.50 bits per heavy atom. The molecule has 3 nitrogen and oxygen atoms in total. The first-order chi connectivity index (χ1) is 5.57. The van der Waals surface area contributed by atoms with Gasteiger partial charge >= 0.3 is 0 Å². The molecule has 70 valence electrons. The largest absolute Gasteiger partial charge is 0.369 e. The van der Waals surface area contributed by atoms with Gasteiger partial charge in [-0.3, -0.25) is 9.59 Å². The summed E-state index contributed by atoms with van der Waals surface area (Å²) < 4.78 is 0. The maximum absolute atomic E-state index is 10.7. The molecule has 1 amide bonds. The van der Waals surface area contributed by atoms with E-state index in [0.29, 0.717) is 17.9 Å². The van der Waals surface area contributed by atoms with Gasteiger partial charge in [0.2, 0.25) is 5.91 Å². The zero-order valence-corrected chi connectivity index (χ0v) is 8.66. The SMILES string of the molecule is CC(=O)CCSC(CS)C(N)=O. The van der Waals surface area contributed by atoms with Crippen LogP contribution in [-0.4, -0.2) is 28.4 Å². The second kappa shape index (κ2) is 6.37. The summed E-state index contributed by atoms with van der Waals surface area (Å²) in [4.78, 5) is 21.2. The van der Waals surface area contributed by atoms with Gasteiger partial charge in [0.15, 0.2) is 0 Å². The van der Waals surface area contributed by atoms with E-state index in [0.717, 1.165) is 0 Å². The number of hydrogen-bond donors (Lipinski definition) is 2. The number of nitrogens with two attached hydrogens (primary N) is 1. The number of Topliss-reactive ketones (excluding diaryl/α,β-unsaturated/α-hetero) is 1. The number of primary amides is 1. The molecular formula is C7H13NO2S2. The molecule has 1 atom stereocenters. The standard InChI is InChI=1S/C7H13NO2S2/c1-5(9)2-3-12-6(4-11)7(8)10/h6,11H,2-4H2,1H3,(H2,8,10). The van der Waals surface area contributed by atoms with Crippen molar-refractivity contribution < 1.29 is 9.59 Å². The molecule has 0 aromatic heterocycles. The third-order valence-electron chi connectivity index (χ3n) is 1.26. The minimum Gasteiger partial charge on any atom is -0.369 e. The second-order valence-electron chi connectivity index (χ2n) is 2.40. The summed E-state index contributed by atoms with van der Waals surface area (Å²) in [7, 11) is 0. The number of hydrogen-bond acceptors (Lipinski definition) is 4. The lowest BCUT2D eigenvalue weighted by atomic mass is 10.4. The normalized spacial score (nSPS) is 12.5. The van der Waals surface area contributed by atoms with Crippen LogP contribution < -0.4 is 5.73 Å². The van der Waals surface area contributed by atoms with Gasteiger partial charge in [-0.2, -0.15) is 12.6 Å². The van der Waals surface area contributed by atoms with Crippen LogP contribution in [0.5, 0.6) is 0 Å². The number of carbonyl (C=O) groups excluding carboxylic acids is 2. The van der Waals surface area contributed by atoms with Crippen molar-refractivity contribution in [2.75, 3.05) is 11.5 Å². The van der Waals surface area contributed by atoms with Gasteiger partial charge in [-0.25, -0.2) is 0 Å². The fourth-order valence-corrected chi connectivity index (χ4v) is 2.03. The lowest BCUT2D eigenvalue weighted by Gasteiger charge is -2.08. The molecule has 0 aromatic carbocycles. The quantitative estimate of drug-likeness (QED) is 0.623. The monoisotopic (exact) mass is 207 g/mol. The molecule has 0 radical (unpaired) electrons. The number of carbonyl (C=O) groups is 2. The number of rotatable bonds is 6. The Morgan fingerprint density at radius 1 is 1.58 bits per heavy atom. The van der Waals surface area contributed by atoms with Crippen LogP contribution in [0.2, 0.25) is 0 Å². The van der Waals surface area contributed by atoms with E-state index < -0.39 is 0 Å². The Balaban J connectivity index is 3.59. The third kappa shape index (κ3) is 5.49. The van der Waals surface area contributed by atoms with Crippen LogP contribution in [0, 0.1) is 0 Å². The summed E-state index contributed by atoms with van der Waals surface area (Å²) in [5.74, 6) is 0.838. The number of thiol groups is 1. The van der Waals surface area contributed by atoms with Crippen LogP contribution in [0.25, 0.3) is 0 Å². The van der Waals surface area contributed by atoms with Gasteiger partial charge < -0.3 is 5.73 Å². The summed E-state index contributed by atoms with van der Waals surface area (Å²) in [6, 6.07) is 0. The molecule has 5 heteroatoms. The lowest BCUT2D eigenvalue weighted by Crippen LogP contribution is -2.27. The zero-order valence-electron chi connectivity index (χ0n) is 6.95. The molecule has 0 rings (SSSR count). The molecule has 0 heterocycles. The Hall–Kier alpha value is -0.160. The first-order valence-electron chi connectivity index (χ1n) is 3.59. The molecule has 1 unspecified atom stereocenters. The van der Waals surface area contributed by atoms with Crippen LogP contribution in [0.1, 0.15) is 13.3 Å². The van der Waals surface area contributed by atoms with Gasteiger partial charge in [-0.1, -0.05) is 0 Å². The third-order valence-corrected chi connectivity index (χ3v) is 3.11. The highest BCUT2D eigenvalue weighted by Gasteiger charge is 2.13. The van der Waals surface area contributed by atoms with Gasteiger partial charge in [0.25, 0.3) is 0 Å². The average Bonchev–Trinajstić information content (AvgIpc) is 1.96. The fraction of sp³-hybridized carbons (Fsp3) is 0.714. The molecule has 0 aliphatic carbocycles. The van der Waals surface area contributed by atoms with E-state index in [1.165, 1.54) is 18.7 Å². The van der Waals surface area contributed by atoms with Crippen LogP contribution >= 0.6 is 24.4 Å². The molecule has 0 spiro atoms. The predicted molar refractivity (Wildman–Crippen MR) is 54.6 cm³/mol. The Kier molecular flexibility index (Phi) is 6.28. The van der Waals surface area contributed by atoms with E-state index in [4.69, 9.17) is 5.73 Å². The van der Waals surface area contributed by atoms with Crippen molar-refractivity contribution in [1.82, 2.24) is 0 Å². The summed E-state index contributed by atoms with van der Waals surface area (Å²) in [6.45, 7) is 1.53. The Labute approximate surface area is 81.9 Å². The van der Waals surface area contributed by atoms with Crippen molar-refractivity contribution >= 4 is 36.1 Å². The molecule has 0 bridgehead atoms. The van der Waals surface area contributed by atoms with Crippen LogP contribution in [0.3, 0.4) is 0 Å². The molecule has 0 saturated heterocycles. The van der Waals surface area contributed by atoms with Gasteiger partial charge in [0.1, 0.15) is 5.78 Å². The van der Waals surface area contributed by atoms with E-state index in [1.807, 2.05) is 0 Å². The van der Waals surface area contributed by atoms with Gasteiger partial charge in [-0.15, -0.1) is 11.8 Å². The van der Waals surface area contributed by atoms with Crippen molar-refractivity contribution in [1.29, 1.82) is 0 Å². The first kappa shape index (κ1) is 11.8. The molecule has 0 fully saturated rings. The maximum Gasteiger partial charge on any atom is 0.231 e. The topological polar surface area (TPSA) is 60.2 Å². The molecule has 0 saturated carbocycles.